The maximum Gasteiger partial charge on any atom is 0.319 e. The van der Waals surface area contributed by atoms with Crippen molar-refractivity contribution in [3.05, 3.63) is 11.7 Å². The molecule has 0 radical (unpaired) electrons. The molecule has 128 valence electrons. The van der Waals surface area contributed by atoms with Crippen molar-refractivity contribution in [3.63, 3.8) is 0 Å². The Morgan fingerprint density at radius 3 is 2.74 bits per heavy atom. The standard InChI is InChI=1S/C16H27N5O2/c1-20(2)16(22)21-10-7-12(8-11-21)15-18-14(19-23-15)13-6-4-3-5-9-17-13/h12-13,17H,3-11H2,1-2H3/t13-/m0/s1. The molecule has 1 aromatic rings. The van der Waals surface area contributed by atoms with Gasteiger partial charge >= 0.3 is 6.03 Å². The molecule has 2 aliphatic heterocycles. The summed E-state index contributed by atoms with van der Waals surface area (Å²) in [6.07, 6.45) is 6.56. The molecule has 2 amide bonds. The van der Waals surface area contributed by atoms with Gasteiger partial charge in [-0.05, 0) is 32.2 Å². The molecule has 0 spiro atoms. The van der Waals surface area contributed by atoms with E-state index in [4.69, 9.17) is 4.52 Å². The minimum atomic E-state index is 0.0809. The number of rotatable bonds is 2. The lowest BCUT2D eigenvalue weighted by molar-refractivity contribution is 0.152. The van der Waals surface area contributed by atoms with Crippen molar-refractivity contribution in [2.24, 2.45) is 0 Å². The van der Waals surface area contributed by atoms with Crippen molar-refractivity contribution in [2.45, 2.75) is 50.5 Å². The highest BCUT2D eigenvalue weighted by Crippen LogP contribution is 2.29. The van der Waals surface area contributed by atoms with E-state index in [1.807, 2.05) is 4.90 Å². The molecule has 3 rings (SSSR count). The Labute approximate surface area is 137 Å². The molecule has 1 atom stereocenters. The summed E-state index contributed by atoms with van der Waals surface area (Å²) in [6.45, 7) is 2.53. The van der Waals surface area contributed by atoms with Gasteiger partial charge in [0.2, 0.25) is 5.89 Å². The molecule has 2 saturated heterocycles. The molecular weight excluding hydrogens is 294 g/mol. The summed E-state index contributed by atoms with van der Waals surface area (Å²) in [5.41, 5.74) is 0. The molecule has 2 fully saturated rings. The van der Waals surface area contributed by atoms with Gasteiger partial charge in [0.15, 0.2) is 5.82 Å². The third-order valence-corrected chi connectivity index (χ3v) is 4.83. The van der Waals surface area contributed by atoms with Crippen molar-refractivity contribution in [1.82, 2.24) is 25.3 Å². The van der Waals surface area contributed by atoms with Crippen molar-refractivity contribution in [1.29, 1.82) is 0 Å². The third-order valence-electron chi connectivity index (χ3n) is 4.83. The van der Waals surface area contributed by atoms with Crippen LogP contribution in [-0.2, 0) is 0 Å². The lowest BCUT2D eigenvalue weighted by atomic mass is 9.97. The molecule has 1 aromatic heterocycles. The fraction of sp³-hybridized carbons (Fsp3) is 0.812. The first-order valence-corrected chi connectivity index (χ1v) is 8.68. The van der Waals surface area contributed by atoms with E-state index in [0.717, 1.165) is 50.6 Å². The summed E-state index contributed by atoms with van der Waals surface area (Å²) in [5, 5.41) is 7.71. The van der Waals surface area contributed by atoms with E-state index < -0.39 is 0 Å². The summed E-state index contributed by atoms with van der Waals surface area (Å²) < 4.78 is 5.53. The number of nitrogens with one attached hydrogen (secondary N) is 1. The number of aromatic nitrogens is 2. The van der Waals surface area contributed by atoms with E-state index in [-0.39, 0.29) is 18.0 Å². The normalized spacial score (nSPS) is 23.6. The Hall–Kier alpha value is -1.63. The van der Waals surface area contributed by atoms with Gasteiger partial charge < -0.3 is 19.6 Å². The van der Waals surface area contributed by atoms with Gasteiger partial charge in [0.1, 0.15) is 0 Å². The highest BCUT2D eigenvalue weighted by molar-refractivity contribution is 5.73. The monoisotopic (exact) mass is 321 g/mol. The number of nitrogens with zero attached hydrogens (tertiary/aromatic N) is 4. The number of carbonyl (C=O) groups excluding carboxylic acids is 1. The third kappa shape index (κ3) is 3.83. The quantitative estimate of drug-likeness (QED) is 0.903. The second-order valence-corrected chi connectivity index (χ2v) is 6.79. The molecule has 1 N–H and O–H groups in total. The van der Waals surface area contributed by atoms with E-state index in [1.54, 1.807) is 19.0 Å². The Kier molecular flexibility index (Phi) is 5.15. The molecular formula is C16H27N5O2. The fourth-order valence-corrected chi connectivity index (χ4v) is 3.40. The van der Waals surface area contributed by atoms with E-state index in [0.29, 0.717) is 0 Å². The van der Waals surface area contributed by atoms with Crippen LogP contribution in [-0.4, -0.2) is 59.7 Å². The maximum atomic E-state index is 12.0. The average Bonchev–Trinajstić information content (AvgIpc) is 2.90. The molecule has 0 bridgehead atoms. The van der Waals surface area contributed by atoms with Crippen LogP contribution in [0.4, 0.5) is 4.79 Å². The Morgan fingerprint density at radius 1 is 1.22 bits per heavy atom. The van der Waals surface area contributed by atoms with Crippen LogP contribution >= 0.6 is 0 Å². The fourth-order valence-electron chi connectivity index (χ4n) is 3.40. The van der Waals surface area contributed by atoms with Gasteiger partial charge in [-0.1, -0.05) is 18.0 Å². The van der Waals surface area contributed by atoms with Gasteiger partial charge in [-0.2, -0.15) is 4.98 Å². The zero-order valence-electron chi connectivity index (χ0n) is 14.1. The summed E-state index contributed by atoms with van der Waals surface area (Å²) in [6, 6.07) is 0.308. The van der Waals surface area contributed by atoms with Gasteiger partial charge in [-0.15, -0.1) is 0 Å². The Morgan fingerprint density at radius 2 is 2.00 bits per heavy atom. The molecule has 7 heteroatoms. The highest BCUT2D eigenvalue weighted by atomic mass is 16.5. The molecule has 3 heterocycles. The predicted octanol–water partition coefficient (Wildman–Crippen LogP) is 2.14. The molecule has 0 saturated carbocycles. The van der Waals surface area contributed by atoms with Crippen LogP contribution in [0.25, 0.3) is 0 Å². The minimum Gasteiger partial charge on any atom is -0.339 e. The van der Waals surface area contributed by atoms with Crippen molar-refractivity contribution in [2.75, 3.05) is 33.7 Å². The van der Waals surface area contributed by atoms with Crippen LogP contribution < -0.4 is 5.32 Å². The van der Waals surface area contributed by atoms with Crippen LogP contribution in [0.2, 0.25) is 0 Å². The lowest BCUT2D eigenvalue weighted by Crippen LogP contribution is -2.43. The first kappa shape index (κ1) is 16.2. The summed E-state index contributed by atoms with van der Waals surface area (Å²) in [5.74, 6) is 1.81. The van der Waals surface area contributed by atoms with Crippen LogP contribution in [0.1, 0.15) is 62.2 Å². The maximum absolute atomic E-state index is 12.0. The molecule has 23 heavy (non-hydrogen) atoms. The summed E-state index contributed by atoms with van der Waals surface area (Å²) in [7, 11) is 3.58. The molecule has 0 unspecified atom stereocenters. The first-order valence-electron chi connectivity index (χ1n) is 8.68. The Bertz CT molecular complexity index is 514. The van der Waals surface area contributed by atoms with E-state index in [1.165, 1.54) is 19.3 Å². The van der Waals surface area contributed by atoms with Crippen molar-refractivity contribution in [3.8, 4) is 0 Å². The van der Waals surface area contributed by atoms with Gasteiger partial charge in [0.05, 0.1) is 6.04 Å². The first-order chi connectivity index (χ1) is 11.1. The van der Waals surface area contributed by atoms with Gasteiger partial charge in [-0.3, -0.25) is 0 Å². The van der Waals surface area contributed by atoms with Gasteiger partial charge in [-0.25, -0.2) is 4.79 Å². The molecule has 0 aromatic carbocycles. The Balaban J connectivity index is 1.58. The largest absolute Gasteiger partial charge is 0.339 e. The van der Waals surface area contributed by atoms with Gasteiger partial charge in [0.25, 0.3) is 0 Å². The second-order valence-electron chi connectivity index (χ2n) is 6.79. The van der Waals surface area contributed by atoms with E-state index >= 15 is 0 Å². The number of urea groups is 1. The van der Waals surface area contributed by atoms with Crippen molar-refractivity contribution >= 4 is 6.03 Å². The lowest BCUT2D eigenvalue weighted by Gasteiger charge is -2.32. The molecule has 2 aliphatic rings. The smallest absolute Gasteiger partial charge is 0.319 e. The number of piperidine rings is 1. The van der Waals surface area contributed by atoms with Crippen LogP contribution in [0.5, 0.6) is 0 Å². The summed E-state index contributed by atoms with van der Waals surface area (Å²) >= 11 is 0. The van der Waals surface area contributed by atoms with E-state index in [2.05, 4.69) is 15.5 Å². The zero-order chi connectivity index (χ0) is 16.2. The number of hydrogen-bond donors (Lipinski definition) is 1. The van der Waals surface area contributed by atoms with Crippen LogP contribution in [0.15, 0.2) is 4.52 Å². The topological polar surface area (TPSA) is 74.5 Å². The van der Waals surface area contributed by atoms with E-state index in [9.17, 15) is 4.79 Å². The van der Waals surface area contributed by atoms with Crippen molar-refractivity contribution < 1.29 is 9.32 Å². The minimum absolute atomic E-state index is 0.0809. The number of hydrogen-bond acceptors (Lipinski definition) is 5. The number of likely N-dealkylation sites (tertiary alicyclic amines) is 1. The number of carbonyl (C=O) groups is 1. The molecule has 0 aliphatic carbocycles. The summed E-state index contributed by atoms with van der Waals surface area (Å²) in [4.78, 5) is 20.1. The number of amides is 2. The van der Waals surface area contributed by atoms with Gasteiger partial charge in [0, 0.05) is 33.1 Å². The van der Waals surface area contributed by atoms with Crippen LogP contribution in [0, 0.1) is 0 Å². The predicted molar refractivity (Wildman–Crippen MR) is 86.1 cm³/mol. The highest BCUT2D eigenvalue weighted by Gasteiger charge is 2.29. The SMILES string of the molecule is CN(C)C(=O)N1CCC(c2nc([C@@H]3CCCCCN3)no2)CC1. The second kappa shape index (κ2) is 7.29. The van der Waals surface area contributed by atoms with Crippen LogP contribution in [0.3, 0.4) is 0 Å². The average molecular weight is 321 g/mol. The zero-order valence-corrected chi connectivity index (χ0v) is 14.1. The molecule has 7 nitrogen and oxygen atoms in total.